The summed E-state index contributed by atoms with van der Waals surface area (Å²) in [5.74, 6) is 0. The average molecular weight is 347 g/mol. The lowest BCUT2D eigenvalue weighted by Crippen LogP contribution is -2.23. The monoisotopic (exact) mass is 346 g/mol. The maximum atomic E-state index is 12.0. The molecule has 1 aromatic carbocycles. The van der Waals surface area contributed by atoms with Gasteiger partial charge in [0.25, 0.3) is 0 Å². The Hall–Kier alpha value is -0.760. The summed E-state index contributed by atoms with van der Waals surface area (Å²) < 4.78 is 26.5. The van der Waals surface area contributed by atoms with E-state index in [1.165, 1.54) is 11.3 Å². The van der Waals surface area contributed by atoms with Crippen LogP contribution in [-0.2, 0) is 21.9 Å². The molecule has 0 aliphatic heterocycles. The number of thiazole rings is 1. The predicted molar refractivity (Wildman–Crippen MR) is 75.2 cm³/mol. The molecular formula is C11H11BrN2O2S2. The fourth-order valence-corrected chi connectivity index (χ4v) is 3.27. The minimum atomic E-state index is -3.46. The van der Waals surface area contributed by atoms with Gasteiger partial charge < -0.3 is 0 Å². The fourth-order valence-electron chi connectivity index (χ4n) is 1.33. The number of alkyl halides is 1. The quantitative estimate of drug-likeness (QED) is 0.846. The summed E-state index contributed by atoms with van der Waals surface area (Å²) in [6.45, 7) is 0.214. The van der Waals surface area contributed by atoms with Crippen LogP contribution in [0.4, 0.5) is 0 Å². The Morgan fingerprint density at radius 1 is 1.28 bits per heavy atom. The molecule has 0 unspecified atom stereocenters. The standard InChI is InChI=1S/C11H11BrN2O2S2/c12-5-9-1-3-11(4-2-9)18(15,16)14-6-10-7-17-8-13-10/h1-4,7-8,14H,5-6H2. The molecule has 0 aliphatic carbocycles. The highest BCUT2D eigenvalue weighted by Crippen LogP contribution is 2.13. The molecule has 0 saturated carbocycles. The Bertz CT molecular complexity index is 594. The molecule has 0 spiro atoms. The van der Waals surface area contributed by atoms with Gasteiger partial charge in [0.15, 0.2) is 0 Å². The highest BCUT2D eigenvalue weighted by Gasteiger charge is 2.13. The summed E-state index contributed by atoms with van der Waals surface area (Å²) in [4.78, 5) is 4.29. The number of benzene rings is 1. The zero-order chi connectivity index (χ0) is 13.0. The lowest BCUT2D eigenvalue weighted by molar-refractivity contribution is 0.580. The van der Waals surface area contributed by atoms with E-state index in [-0.39, 0.29) is 11.4 Å². The van der Waals surface area contributed by atoms with E-state index in [2.05, 4.69) is 25.6 Å². The van der Waals surface area contributed by atoms with Gasteiger partial charge in [0.05, 0.1) is 22.6 Å². The molecule has 96 valence electrons. The van der Waals surface area contributed by atoms with Gasteiger partial charge in [-0.15, -0.1) is 11.3 Å². The van der Waals surface area contributed by atoms with Crippen molar-refractivity contribution in [2.45, 2.75) is 16.8 Å². The summed E-state index contributed by atoms with van der Waals surface area (Å²) in [5, 5.41) is 2.52. The highest BCUT2D eigenvalue weighted by atomic mass is 79.9. The van der Waals surface area contributed by atoms with Gasteiger partial charge in [-0.3, -0.25) is 0 Å². The first-order chi connectivity index (χ1) is 8.62. The van der Waals surface area contributed by atoms with Crippen LogP contribution in [-0.4, -0.2) is 13.4 Å². The van der Waals surface area contributed by atoms with Crippen molar-refractivity contribution in [2.75, 3.05) is 0 Å². The number of hydrogen-bond donors (Lipinski definition) is 1. The third-order valence-corrected chi connectivity index (χ3v) is 5.01. The molecule has 0 amide bonds. The molecular weight excluding hydrogens is 336 g/mol. The van der Waals surface area contributed by atoms with Gasteiger partial charge in [-0.25, -0.2) is 18.1 Å². The molecule has 0 saturated heterocycles. The second kappa shape index (κ2) is 5.92. The molecule has 0 aliphatic rings. The number of aromatic nitrogens is 1. The summed E-state index contributed by atoms with van der Waals surface area (Å²) >= 11 is 4.76. The third-order valence-electron chi connectivity index (χ3n) is 2.31. The summed E-state index contributed by atoms with van der Waals surface area (Å²) in [5.41, 5.74) is 3.43. The smallest absolute Gasteiger partial charge is 0.240 e. The van der Waals surface area contributed by atoms with Crippen molar-refractivity contribution in [1.82, 2.24) is 9.71 Å². The number of hydrogen-bond acceptors (Lipinski definition) is 4. The van der Waals surface area contributed by atoms with E-state index in [1.54, 1.807) is 29.8 Å². The summed E-state index contributed by atoms with van der Waals surface area (Å²) in [6, 6.07) is 6.76. The first-order valence-corrected chi connectivity index (χ1v) is 8.68. The molecule has 1 heterocycles. The van der Waals surface area contributed by atoms with Gasteiger partial charge in [-0.05, 0) is 17.7 Å². The second-order valence-corrected chi connectivity index (χ2v) is 6.63. The lowest BCUT2D eigenvalue weighted by Gasteiger charge is -2.05. The average Bonchev–Trinajstić information content (AvgIpc) is 2.90. The minimum absolute atomic E-state index is 0.214. The van der Waals surface area contributed by atoms with Crippen LogP contribution in [0.25, 0.3) is 0 Å². The van der Waals surface area contributed by atoms with E-state index in [4.69, 9.17) is 0 Å². The first kappa shape index (κ1) is 13.7. The summed E-state index contributed by atoms with van der Waals surface area (Å²) in [6.07, 6.45) is 0. The number of sulfonamides is 1. The normalized spacial score (nSPS) is 11.6. The van der Waals surface area contributed by atoms with E-state index in [9.17, 15) is 8.42 Å². The summed E-state index contributed by atoms with van der Waals surface area (Å²) in [7, 11) is -3.46. The van der Waals surface area contributed by atoms with Crippen molar-refractivity contribution in [3.8, 4) is 0 Å². The predicted octanol–water partition coefficient (Wildman–Crippen LogP) is 2.52. The van der Waals surface area contributed by atoms with E-state index < -0.39 is 10.0 Å². The first-order valence-electron chi connectivity index (χ1n) is 5.13. The molecule has 0 atom stereocenters. The van der Waals surface area contributed by atoms with E-state index in [0.29, 0.717) is 5.33 Å². The number of nitrogens with one attached hydrogen (secondary N) is 1. The minimum Gasteiger partial charge on any atom is -0.248 e. The number of halogens is 1. The zero-order valence-corrected chi connectivity index (χ0v) is 12.6. The van der Waals surface area contributed by atoms with Crippen LogP contribution in [0.15, 0.2) is 40.1 Å². The van der Waals surface area contributed by atoms with Crippen LogP contribution in [0.5, 0.6) is 0 Å². The molecule has 1 aromatic heterocycles. The maximum absolute atomic E-state index is 12.0. The lowest BCUT2D eigenvalue weighted by atomic mass is 10.2. The van der Waals surface area contributed by atoms with Crippen molar-refractivity contribution < 1.29 is 8.42 Å². The molecule has 2 rings (SSSR count). The number of nitrogens with zero attached hydrogens (tertiary/aromatic N) is 1. The van der Waals surface area contributed by atoms with Gasteiger partial charge in [0, 0.05) is 10.7 Å². The Kier molecular flexibility index (Phi) is 4.50. The van der Waals surface area contributed by atoms with Gasteiger partial charge in [0.1, 0.15) is 0 Å². The Labute approximate surface area is 118 Å². The van der Waals surface area contributed by atoms with Gasteiger partial charge in [0.2, 0.25) is 10.0 Å². The van der Waals surface area contributed by atoms with Crippen LogP contribution < -0.4 is 4.72 Å². The van der Waals surface area contributed by atoms with Crippen molar-refractivity contribution in [1.29, 1.82) is 0 Å². The molecule has 0 fully saturated rings. The highest BCUT2D eigenvalue weighted by molar-refractivity contribution is 9.08. The van der Waals surface area contributed by atoms with Crippen LogP contribution in [0.1, 0.15) is 11.3 Å². The topological polar surface area (TPSA) is 59.1 Å². The van der Waals surface area contributed by atoms with Crippen LogP contribution in [0, 0.1) is 0 Å². The molecule has 7 heteroatoms. The SMILES string of the molecule is O=S(=O)(NCc1cscn1)c1ccc(CBr)cc1. The van der Waals surface area contributed by atoms with Crippen molar-refractivity contribution in [3.63, 3.8) is 0 Å². The molecule has 2 aromatic rings. The molecule has 0 radical (unpaired) electrons. The van der Waals surface area contributed by atoms with Crippen molar-refractivity contribution in [3.05, 3.63) is 46.4 Å². The van der Waals surface area contributed by atoms with Crippen LogP contribution in [0.2, 0.25) is 0 Å². The zero-order valence-electron chi connectivity index (χ0n) is 9.34. The van der Waals surface area contributed by atoms with E-state index in [1.807, 2.05) is 5.38 Å². The molecule has 1 N–H and O–H groups in total. The largest absolute Gasteiger partial charge is 0.248 e. The van der Waals surface area contributed by atoms with Gasteiger partial charge >= 0.3 is 0 Å². The van der Waals surface area contributed by atoms with Crippen molar-refractivity contribution >= 4 is 37.3 Å². The number of rotatable bonds is 5. The Morgan fingerprint density at radius 3 is 2.56 bits per heavy atom. The third kappa shape index (κ3) is 3.38. The molecule has 0 bridgehead atoms. The van der Waals surface area contributed by atoms with Gasteiger partial charge in [-0.2, -0.15) is 0 Å². The molecule has 4 nitrogen and oxygen atoms in total. The van der Waals surface area contributed by atoms with Crippen LogP contribution >= 0.6 is 27.3 Å². The molecule has 18 heavy (non-hydrogen) atoms. The maximum Gasteiger partial charge on any atom is 0.240 e. The van der Waals surface area contributed by atoms with Crippen molar-refractivity contribution in [2.24, 2.45) is 0 Å². The second-order valence-electron chi connectivity index (χ2n) is 3.58. The van der Waals surface area contributed by atoms with Crippen LogP contribution in [0.3, 0.4) is 0 Å². The van der Waals surface area contributed by atoms with E-state index in [0.717, 1.165) is 11.3 Å². The van der Waals surface area contributed by atoms with Gasteiger partial charge in [-0.1, -0.05) is 28.1 Å². The Balaban J connectivity index is 2.09. The fraction of sp³-hybridized carbons (Fsp3) is 0.182. The Morgan fingerprint density at radius 2 is 2.00 bits per heavy atom. The van der Waals surface area contributed by atoms with E-state index >= 15 is 0 Å².